The van der Waals surface area contributed by atoms with E-state index < -0.39 is 17.5 Å². The number of carbonyl (C=O) groups excluding carboxylic acids is 4. The van der Waals surface area contributed by atoms with E-state index in [9.17, 15) is 19.2 Å². The molecule has 0 saturated heterocycles. The maximum absolute atomic E-state index is 12.3. The molecule has 0 unspecified atom stereocenters. The van der Waals surface area contributed by atoms with Crippen molar-refractivity contribution in [1.29, 1.82) is 0 Å². The number of nitrogens with zero attached hydrogens (tertiary/aromatic N) is 1. The molecule has 9 nitrogen and oxygen atoms in total. The maximum atomic E-state index is 12.3. The third-order valence-electron chi connectivity index (χ3n) is 2.83. The first kappa shape index (κ1) is 19.9. The van der Waals surface area contributed by atoms with E-state index >= 15 is 0 Å². The van der Waals surface area contributed by atoms with Crippen LogP contribution in [0.3, 0.4) is 0 Å². The predicted molar refractivity (Wildman–Crippen MR) is 84.4 cm³/mol. The van der Waals surface area contributed by atoms with Gasteiger partial charge in [0.2, 0.25) is 0 Å². The Bertz CT molecular complexity index is 597. The van der Waals surface area contributed by atoms with E-state index in [0.29, 0.717) is 10.4 Å². The van der Waals surface area contributed by atoms with Gasteiger partial charge in [-0.05, 0) is 0 Å². The number of nitrogens with one attached hydrogen (secondary N) is 2. The van der Waals surface area contributed by atoms with E-state index in [4.69, 9.17) is 9.47 Å². The Balaban J connectivity index is 3.17. The van der Waals surface area contributed by atoms with Crippen LogP contribution in [0.5, 0.6) is 0 Å². The van der Waals surface area contributed by atoms with E-state index in [0.717, 1.165) is 0 Å². The summed E-state index contributed by atoms with van der Waals surface area (Å²) in [6.45, 7) is 4.58. The molecule has 0 radical (unpaired) electrons. The standard InChI is InChI=1S/C14H19N3O6Se/c1-4-22-11(20)14(15-8-18,12(21)23-5-2)6-10-7-24-13(17-10)16-9(3)19/h7-8H,4-6H2,1-3H3,(H,15,18)(H,16,17,19). The normalized spacial score (nSPS) is 10.6. The molecule has 0 saturated carbocycles. The Hall–Kier alpha value is -2.19. The summed E-state index contributed by atoms with van der Waals surface area (Å²) in [6.07, 6.45) is 0.0151. The number of esters is 2. The van der Waals surface area contributed by atoms with Crippen molar-refractivity contribution in [1.82, 2.24) is 10.3 Å². The van der Waals surface area contributed by atoms with E-state index in [1.165, 1.54) is 6.92 Å². The van der Waals surface area contributed by atoms with Gasteiger partial charge >= 0.3 is 144 Å². The quantitative estimate of drug-likeness (QED) is 0.240. The summed E-state index contributed by atoms with van der Waals surface area (Å²) < 4.78 is 10.3. The third kappa shape index (κ3) is 4.90. The molecule has 1 rings (SSSR count). The molecular formula is C14H19N3O6Se. The first-order chi connectivity index (χ1) is 11.4. The van der Waals surface area contributed by atoms with Crippen LogP contribution in [0.15, 0.2) is 4.94 Å². The molecule has 132 valence electrons. The van der Waals surface area contributed by atoms with Gasteiger partial charge in [0.25, 0.3) is 0 Å². The SMILES string of the molecule is CCOC(=O)C(Cc1c[se]c(NC(C)=O)n1)(NC=O)C(=O)OCC. The summed E-state index contributed by atoms with van der Waals surface area (Å²) in [5.41, 5.74) is -1.63. The van der Waals surface area contributed by atoms with Gasteiger partial charge in [0.05, 0.1) is 0 Å². The van der Waals surface area contributed by atoms with Gasteiger partial charge in [-0.2, -0.15) is 0 Å². The fraction of sp³-hybridized carbons (Fsp3) is 0.500. The van der Waals surface area contributed by atoms with Crippen LogP contribution >= 0.6 is 0 Å². The van der Waals surface area contributed by atoms with Crippen molar-refractivity contribution in [3.63, 3.8) is 0 Å². The van der Waals surface area contributed by atoms with Gasteiger partial charge in [-0.1, -0.05) is 0 Å². The summed E-state index contributed by atoms with van der Waals surface area (Å²) >= 11 is -0.239. The summed E-state index contributed by atoms with van der Waals surface area (Å²) in [5.74, 6) is -2.11. The Morgan fingerprint density at radius 3 is 2.29 bits per heavy atom. The first-order valence-electron chi connectivity index (χ1n) is 7.17. The van der Waals surface area contributed by atoms with E-state index in [1.54, 1.807) is 18.8 Å². The average Bonchev–Trinajstić information content (AvgIpc) is 2.93. The zero-order valence-electron chi connectivity index (χ0n) is 13.6. The molecule has 1 heterocycles. The summed E-state index contributed by atoms with van der Waals surface area (Å²) in [7, 11) is 0. The van der Waals surface area contributed by atoms with Crippen LogP contribution in [0, 0.1) is 0 Å². The molecule has 0 aromatic carbocycles. The van der Waals surface area contributed by atoms with Crippen molar-refractivity contribution in [2.75, 3.05) is 18.5 Å². The van der Waals surface area contributed by atoms with Crippen LogP contribution in [0.25, 0.3) is 0 Å². The molecule has 2 amide bonds. The van der Waals surface area contributed by atoms with Crippen molar-refractivity contribution in [2.24, 2.45) is 0 Å². The van der Waals surface area contributed by atoms with Crippen molar-refractivity contribution in [2.45, 2.75) is 32.7 Å². The molecule has 0 aliphatic carbocycles. The second-order valence-corrected chi connectivity index (χ2v) is 6.41. The molecule has 0 fully saturated rings. The monoisotopic (exact) mass is 405 g/mol. The topological polar surface area (TPSA) is 124 Å². The van der Waals surface area contributed by atoms with Crippen LogP contribution in [0.2, 0.25) is 0 Å². The van der Waals surface area contributed by atoms with E-state index in [1.807, 2.05) is 0 Å². The number of aromatic nitrogens is 1. The third-order valence-corrected chi connectivity index (χ3v) is 4.53. The molecule has 24 heavy (non-hydrogen) atoms. The second kappa shape index (κ2) is 9.19. The van der Waals surface area contributed by atoms with Crippen molar-refractivity contribution < 1.29 is 28.7 Å². The number of hydrogen-bond acceptors (Lipinski definition) is 7. The van der Waals surface area contributed by atoms with Gasteiger partial charge in [0.1, 0.15) is 0 Å². The molecular weight excluding hydrogens is 385 g/mol. The first-order valence-corrected chi connectivity index (χ1v) is 9.01. The van der Waals surface area contributed by atoms with Crippen LogP contribution in [0.4, 0.5) is 4.69 Å². The summed E-state index contributed by atoms with van der Waals surface area (Å²) in [5, 5.41) is 4.79. The Morgan fingerprint density at radius 1 is 1.25 bits per heavy atom. The van der Waals surface area contributed by atoms with Crippen molar-refractivity contribution in [3.05, 3.63) is 10.6 Å². The van der Waals surface area contributed by atoms with E-state index in [2.05, 4.69) is 15.6 Å². The zero-order valence-corrected chi connectivity index (χ0v) is 15.3. The molecule has 10 heteroatoms. The van der Waals surface area contributed by atoms with Crippen molar-refractivity contribution >= 4 is 43.5 Å². The molecule has 0 bridgehead atoms. The average molecular weight is 404 g/mol. The molecule has 2 N–H and O–H groups in total. The Labute approximate surface area is 144 Å². The number of ether oxygens (including phenoxy) is 2. The van der Waals surface area contributed by atoms with Gasteiger partial charge in [-0.25, -0.2) is 0 Å². The van der Waals surface area contributed by atoms with Gasteiger partial charge < -0.3 is 0 Å². The zero-order chi connectivity index (χ0) is 18.2. The molecule has 1 aromatic heterocycles. The predicted octanol–water partition coefficient (Wildman–Crippen LogP) is -0.749. The second-order valence-electron chi connectivity index (χ2n) is 4.61. The molecule has 0 aliphatic heterocycles. The molecule has 0 spiro atoms. The van der Waals surface area contributed by atoms with Crippen LogP contribution < -0.4 is 10.6 Å². The van der Waals surface area contributed by atoms with Gasteiger partial charge in [-0.15, -0.1) is 0 Å². The number of amides is 2. The fourth-order valence-corrected chi connectivity index (χ4v) is 3.46. The number of rotatable bonds is 9. The van der Waals surface area contributed by atoms with Gasteiger partial charge in [0.15, 0.2) is 0 Å². The number of hydrogen-bond donors (Lipinski definition) is 2. The molecule has 0 aliphatic rings. The van der Waals surface area contributed by atoms with E-state index in [-0.39, 0.29) is 46.5 Å². The minimum absolute atomic E-state index is 0.0317. The van der Waals surface area contributed by atoms with Crippen LogP contribution in [-0.4, -0.2) is 62.5 Å². The van der Waals surface area contributed by atoms with Gasteiger partial charge in [-0.3, -0.25) is 0 Å². The van der Waals surface area contributed by atoms with Crippen molar-refractivity contribution in [3.8, 4) is 0 Å². The summed E-state index contributed by atoms with van der Waals surface area (Å²) in [4.78, 5) is 52.6. The van der Waals surface area contributed by atoms with Crippen LogP contribution in [-0.2, 0) is 35.1 Å². The van der Waals surface area contributed by atoms with Gasteiger partial charge in [0, 0.05) is 0 Å². The fourth-order valence-electron chi connectivity index (χ4n) is 1.87. The Morgan fingerprint density at radius 2 is 1.83 bits per heavy atom. The molecule has 1 aromatic rings. The number of anilines is 1. The minimum atomic E-state index is -2.01. The molecule has 0 atom stereocenters. The summed E-state index contributed by atoms with van der Waals surface area (Å²) in [6, 6.07) is 0. The number of carbonyl (C=O) groups is 4. The Kier molecular flexibility index (Phi) is 7.60. The van der Waals surface area contributed by atoms with Crippen LogP contribution in [0.1, 0.15) is 26.5 Å².